The van der Waals surface area contributed by atoms with Crippen LogP contribution in [0.1, 0.15) is 0 Å². The fraction of sp³-hybridized carbons (Fsp3) is 0. The number of nitrogens with zero attached hydrogens (tertiary/aromatic N) is 3. The second-order valence-corrected chi connectivity index (χ2v) is 4.57. The summed E-state index contributed by atoms with van der Waals surface area (Å²) in [5.41, 5.74) is 0.834. The summed E-state index contributed by atoms with van der Waals surface area (Å²) >= 11 is 1.52. The van der Waals surface area contributed by atoms with Gasteiger partial charge in [-0.2, -0.15) is 0 Å². The first-order valence-corrected chi connectivity index (χ1v) is 6.03. The minimum Gasteiger partial charge on any atom is -0.217 e. The molecule has 2 aromatic heterocycles. The lowest BCUT2D eigenvalue weighted by atomic mass is 10.3. The van der Waals surface area contributed by atoms with Gasteiger partial charge in [-0.3, -0.25) is 0 Å². The first-order valence-electron chi connectivity index (χ1n) is 5.16. The van der Waals surface area contributed by atoms with Gasteiger partial charge >= 0.3 is 0 Å². The molecule has 0 amide bonds. The lowest BCUT2D eigenvalue weighted by molar-refractivity contribution is 0.572. The van der Waals surface area contributed by atoms with E-state index in [9.17, 15) is 8.78 Å². The molecule has 0 atom stereocenters. The highest BCUT2D eigenvalue weighted by atomic mass is 32.1. The maximum absolute atomic E-state index is 13.6. The fourth-order valence-electron chi connectivity index (χ4n) is 1.59. The molecule has 0 aliphatic heterocycles. The topological polar surface area (TPSA) is 30.7 Å². The van der Waals surface area contributed by atoms with Crippen molar-refractivity contribution in [1.29, 1.82) is 0 Å². The number of aromatic nitrogens is 3. The van der Waals surface area contributed by atoms with Gasteiger partial charge in [0.05, 0.1) is 11.1 Å². The van der Waals surface area contributed by atoms with Gasteiger partial charge in [-0.05, 0) is 23.6 Å². The summed E-state index contributed by atoms with van der Waals surface area (Å²) in [4.78, 5) is 0.948. The minimum absolute atomic E-state index is 0.173. The fourth-order valence-corrected chi connectivity index (χ4v) is 2.26. The molecule has 90 valence electrons. The third-order valence-electron chi connectivity index (χ3n) is 2.42. The summed E-state index contributed by atoms with van der Waals surface area (Å²) in [6.45, 7) is 0. The van der Waals surface area contributed by atoms with Crippen molar-refractivity contribution >= 4 is 11.3 Å². The summed E-state index contributed by atoms with van der Waals surface area (Å²) < 4.78 is 27.7. The molecule has 0 fully saturated rings. The Hall–Kier alpha value is -2.08. The standard InChI is InChI=1S/C12H7F2N3S/c13-8-3-4-11(9(14)6-8)17-7-10(15-16-17)12-2-1-5-18-12/h1-7H. The van der Waals surface area contributed by atoms with Crippen molar-refractivity contribution in [3.05, 3.63) is 53.5 Å². The molecule has 0 unspecified atom stereocenters. The van der Waals surface area contributed by atoms with E-state index in [-0.39, 0.29) is 5.69 Å². The molecule has 3 nitrogen and oxygen atoms in total. The van der Waals surface area contributed by atoms with E-state index in [4.69, 9.17) is 0 Å². The van der Waals surface area contributed by atoms with Crippen LogP contribution in [0.15, 0.2) is 41.9 Å². The van der Waals surface area contributed by atoms with Crippen molar-refractivity contribution in [3.63, 3.8) is 0 Å². The van der Waals surface area contributed by atoms with Gasteiger partial charge in [-0.1, -0.05) is 11.3 Å². The van der Waals surface area contributed by atoms with Gasteiger partial charge in [0.15, 0.2) is 5.82 Å². The predicted octanol–water partition coefficient (Wildman–Crippen LogP) is 3.27. The Morgan fingerprint density at radius 1 is 1.17 bits per heavy atom. The zero-order valence-electron chi connectivity index (χ0n) is 9.05. The van der Waals surface area contributed by atoms with Crippen LogP contribution in [-0.4, -0.2) is 15.0 Å². The Balaban J connectivity index is 2.03. The molecule has 3 rings (SSSR count). The molecule has 18 heavy (non-hydrogen) atoms. The maximum atomic E-state index is 13.6. The molecule has 0 bridgehead atoms. The molecular formula is C12H7F2N3S. The van der Waals surface area contributed by atoms with Crippen LogP contribution < -0.4 is 0 Å². The molecule has 2 heterocycles. The van der Waals surface area contributed by atoms with Crippen molar-refractivity contribution in [2.24, 2.45) is 0 Å². The van der Waals surface area contributed by atoms with Gasteiger partial charge in [-0.25, -0.2) is 13.5 Å². The molecule has 0 spiro atoms. The average Bonchev–Trinajstić information content (AvgIpc) is 2.99. The quantitative estimate of drug-likeness (QED) is 0.710. The molecule has 0 radical (unpaired) electrons. The largest absolute Gasteiger partial charge is 0.217 e. The van der Waals surface area contributed by atoms with Crippen LogP contribution in [0.25, 0.3) is 16.3 Å². The van der Waals surface area contributed by atoms with E-state index >= 15 is 0 Å². The first kappa shape index (κ1) is 11.0. The zero-order chi connectivity index (χ0) is 12.5. The average molecular weight is 263 g/mol. The van der Waals surface area contributed by atoms with Gasteiger partial charge in [-0.15, -0.1) is 16.4 Å². The first-order chi connectivity index (χ1) is 8.74. The van der Waals surface area contributed by atoms with E-state index in [1.807, 2.05) is 17.5 Å². The molecule has 0 aliphatic carbocycles. The van der Waals surface area contributed by atoms with Crippen LogP contribution in [0.4, 0.5) is 8.78 Å². The van der Waals surface area contributed by atoms with E-state index in [0.29, 0.717) is 5.69 Å². The normalized spacial score (nSPS) is 10.8. The zero-order valence-corrected chi connectivity index (χ0v) is 9.86. The predicted molar refractivity (Wildman–Crippen MR) is 64.6 cm³/mol. The number of hydrogen-bond acceptors (Lipinski definition) is 3. The SMILES string of the molecule is Fc1ccc(-n2cc(-c3cccs3)nn2)c(F)c1. The molecule has 0 saturated heterocycles. The Bertz CT molecular complexity index is 676. The number of rotatable bonds is 2. The van der Waals surface area contributed by atoms with E-state index in [2.05, 4.69) is 10.3 Å². The van der Waals surface area contributed by atoms with Gasteiger partial charge in [0.2, 0.25) is 0 Å². The number of hydrogen-bond donors (Lipinski definition) is 0. The second kappa shape index (κ2) is 4.30. The molecule has 6 heteroatoms. The minimum atomic E-state index is -0.669. The number of thiophene rings is 1. The van der Waals surface area contributed by atoms with Gasteiger partial charge in [0, 0.05) is 6.07 Å². The highest BCUT2D eigenvalue weighted by Crippen LogP contribution is 2.23. The van der Waals surface area contributed by atoms with Crippen LogP contribution in [0.3, 0.4) is 0 Å². The Kier molecular flexibility index (Phi) is 2.64. The molecular weight excluding hydrogens is 256 g/mol. The molecule has 0 aliphatic rings. The Morgan fingerprint density at radius 2 is 2.06 bits per heavy atom. The van der Waals surface area contributed by atoms with Crippen LogP contribution in [-0.2, 0) is 0 Å². The van der Waals surface area contributed by atoms with Crippen molar-refractivity contribution in [2.45, 2.75) is 0 Å². The van der Waals surface area contributed by atoms with Crippen LogP contribution in [0.5, 0.6) is 0 Å². The smallest absolute Gasteiger partial charge is 0.151 e. The summed E-state index contributed by atoms with van der Waals surface area (Å²) in [7, 11) is 0. The van der Waals surface area contributed by atoms with E-state index < -0.39 is 11.6 Å². The molecule has 0 saturated carbocycles. The lowest BCUT2D eigenvalue weighted by Gasteiger charge is -2.00. The lowest BCUT2D eigenvalue weighted by Crippen LogP contribution is -1.98. The van der Waals surface area contributed by atoms with Crippen LogP contribution >= 0.6 is 11.3 Å². The third kappa shape index (κ3) is 1.91. The van der Waals surface area contributed by atoms with E-state index in [0.717, 1.165) is 10.9 Å². The Labute approximate surface area is 105 Å². The Morgan fingerprint density at radius 3 is 2.78 bits per heavy atom. The van der Waals surface area contributed by atoms with Gasteiger partial charge in [0.25, 0.3) is 0 Å². The summed E-state index contributed by atoms with van der Waals surface area (Å²) in [5.74, 6) is -1.28. The van der Waals surface area contributed by atoms with Crippen molar-refractivity contribution < 1.29 is 8.78 Å². The summed E-state index contributed by atoms with van der Waals surface area (Å²) in [6, 6.07) is 7.14. The van der Waals surface area contributed by atoms with Crippen LogP contribution in [0, 0.1) is 11.6 Å². The second-order valence-electron chi connectivity index (χ2n) is 3.62. The molecule has 0 N–H and O–H groups in total. The van der Waals surface area contributed by atoms with Gasteiger partial charge in [0.1, 0.15) is 17.2 Å². The van der Waals surface area contributed by atoms with Crippen LogP contribution in [0.2, 0.25) is 0 Å². The molecule has 1 aromatic carbocycles. The number of halogens is 2. The van der Waals surface area contributed by atoms with E-state index in [1.165, 1.54) is 28.2 Å². The monoisotopic (exact) mass is 263 g/mol. The highest BCUT2D eigenvalue weighted by molar-refractivity contribution is 7.13. The summed E-state index contributed by atoms with van der Waals surface area (Å²) in [6.07, 6.45) is 1.61. The van der Waals surface area contributed by atoms with Crippen molar-refractivity contribution in [3.8, 4) is 16.3 Å². The third-order valence-corrected chi connectivity index (χ3v) is 3.32. The highest BCUT2D eigenvalue weighted by Gasteiger charge is 2.10. The number of benzene rings is 1. The van der Waals surface area contributed by atoms with Gasteiger partial charge < -0.3 is 0 Å². The summed E-state index contributed by atoms with van der Waals surface area (Å²) in [5, 5.41) is 9.73. The van der Waals surface area contributed by atoms with Crippen molar-refractivity contribution in [1.82, 2.24) is 15.0 Å². The van der Waals surface area contributed by atoms with E-state index in [1.54, 1.807) is 6.20 Å². The maximum Gasteiger partial charge on any atom is 0.151 e. The molecule has 3 aromatic rings. The van der Waals surface area contributed by atoms with Crippen molar-refractivity contribution in [2.75, 3.05) is 0 Å².